The Labute approximate surface area is 138 Å². The number of piperazine rings is 1. The molecule has 1 N–H and O–H groups in total. The van der Waals surface area contributed by atoms with Crippen molar-refractivity contribution in [2.45, 2.75) is 25.4 Å². The van der Waals surface area contributed by atoms with Gasteiger partial charge in [0.2, 0.25) is 0 Å². The number of ether oxygens (including phenoxy) is 1. The van der Waals surface area contributed by atoms with Crippen LogP contribution in [0.5, 0.6) is 5.75 Å². The summed E-state index contributed by atoms with van der Waals surface area (Å²) in [6.45, 7) is 4.91. The van der Waals surface area contributed by atoms with Gasteiger partial charge in [0.1, 0.15) is 12.4 Å². The minimum Gasteiger partial charge on any atom is -0.489 e. The van der Waals surface area contributed by atoms with Gasteiger partial charge in [0, 0.05) is 31.9 Å². The summed E-state index contributed by atoms with van der Waals surface area (Å²) < 4.78 is 5.96. The highest BCUT2D eigenvalue weighted by Crippen LogP contribution is 2.40. The number of rotatable bonds is 5. The zero-order valence-electron chi connectivity index (χ0n) is 13.5. The van der Waals surface area contributed by atoms with E-state index in [2.05, 4.69) is 58.7 Å². The van der Waals surface area contributed by atoms with Gasteiger partial charge in [0.25, 0.3) is 0 Å². The fourth-order valence-corrected chi connectivity index (χ4v) is 3.19. The van der Waals surface area contributed by atoms with Crippen molar-refractivity contribution in [3.8, 4) is 5.75 Å². The van der Waals surface area contributed by atoms with Crippen molar-refractivity contribution in [3.63, 3.8) is 0 Å². The molecule has 0 amide bonds. The first-order valence-corrected chi connectivity index (χ1v) is 8.66. The maximum absolute atomic E-state index is 5.96. The molecule has 3 heteroatoms. The van der Waals surface area contributed by atoms with E-state index in [1.54, 1.807) is 0 Å². The average Bonchev–Trinajstić information content (AvgIpc) is 3.47. The zero-order valence-corrected chi connectivity index (χ0v) is 13.5. The Hall–Kier alpha value is -2.00. The summed E-state index contributed by atoms with van der Waals surface area (Å²) in [5, 5.41) is 3.40. The summed E-state index contributed by atoms with van der Waals surface area (Å²) in [6.07, 6.45) is 2.69. The molecule has 0 spiro atoms. The quantitative estimate of drug-likeness (QED) is 0.914. The minimum atomic E-state index is 0.628. The number of nitrogens with zero attached hydrogens (tertiary/aromatic N) is 1. The van der Waals surface area contributed by atoms with Gasteiger partial charge >= 0.3 is 0 Å². The van der Waals surface area contributed by atoms with Gasteiger partial charge in [-0.25, -0.2) is 0 Å². The van der Waals surface area contributed by atoms with Gasteiger partial charge in [0.15, 0.2) is 0 Å². The van der Waals surface area contributed by atoms with Gasteiger partial charge in [-0.05, 0) is 54.2 Å². The normalized spacial score (nSPS) is 18.0. The Bertz CT molecular complexity index is 643. The lowest BCUT2D eigenvalue weighted by Gasteiger charge is -2.29. The minimum absolute atomic E-state index is 0.628. The summed E-state index contributed by atoms with van der Waals surface area (Å²) in [5.41, 5.74) is 3.99. The van der Waals surface area contributed by atoms with E-state index in [0.29, 0.717) is 6.61 Å². The molecule has 4 rings (SSSR count). The van der Waals surface area contributed by atoms with Crippen LogP contribution in [0.4, 0.5) is 5.69 Å². The van der Waals surface area contributed by atoms with Crippen LogP contribution in [0.25, 0.3) is 0 Å². The van der Waals surface area contributed by atoms with Crippen LogP contribution in [0.2, 0.25) is 0 Å². The first kappa shape index (κ1) is 14.6. The van der Waals surface area contributed by atoms with E-state index in [1.807, 2.05) is 0 Å². The van der Waals surface area contributed by atoms with Gasteiger partial charge in [-0.3, -0.25) is 0 Å². The predicted molar refractivity (Wildman–Crippen MR) is 94.3 cm³/mol. The first-order chi connectivity index (χ1) is 11.4. The SMILES string of the molecule is c1cc(COc2ccc(C3CC3)cc2)cc(N2CCNCC2)c1. The topological polar surface area (TPSA) is 24.5 Å². The summed E-state index contributed by atoms with van der Waals surface area (Å²) in [5.74, 6) is 1.77. The lowest BCUT2D eigenvalue weighted by molar-refractivity contribution is 0.306. The van der Waals surface area contributed by atoms with Gasteiger partial charge in [0.05, 0.1) is 0 Å². The lowest BCUT2D eigenvalue weighted by Crippen LogP contribution is -2.43. The molecule has 1 aliphatic carbocycles. The number of hydrogen-bond acceptors (Lipinski definition) is 3. The second-order valence-electron chi connectivity index (χ2n) is 6.54. The maximum atomic E-state index is 5.96. The first-order valence-electron chi connectivity index (χ1n) is 8.66. The van der Waals surface area contributed by atoms with E-state index in [1.165, 1.54) is 29.7 Å². The Morgan fingerprint density at radius 2 is 1.78 bits per heavy atom. The van der Waals surface area contributed by atoms with Crippen molar-refractivity contribution in [3.05, 3.63) is 59.7 Å². The summed E-state index contributed by atoms with van der Waals surface area (Å²) in [7, 11) is 0. The van der Waals surface area contributed by atoms with Crippen LogP contribution in [0.3, 0.4) is 0 Å². The third-order valence-corrected chi connectivity index (χ3v) is 4.73. The number of anilines is 1. The van der Waals surface area contributed by atoms with Gasteiger partial charge < -0.3 is 15.0 Å². The molecule has 1 heterocycles. The molecule has 0 aromatic heterocycles. The molecule has 0 radical (unpaired) electrons. The Balaban J connectivity index is 1.38. The molecule has 120 valence electrons. The van der Waals surface area contributed by atoms with Crippen LogP contribution < -0.4 is 15.0 Å². The predicted octanol–water partition coefficient (Wildman–Crippen LogP) is 3.55. The molecule has 3 nitrogen and oxygen atoms in total. The molecule has 0 unspecified atom stereocenters. The molecular weight excluding hydrogens is 284 g/mol. The second kappa shape index (κ2) is 6.63. The number of hydrogen-bond donors (Lipinski definition) is 1. The van der Waals surface area contributed by atoms with Crippen LogP contribution in [-0.2, 0) is 6.61 Å². The van der Waals surface area contributed by atoms with Crippen LogP contribution >= 0.6 is 0 Å². The molecule has 2 aromatic carbocycles. The smallest absolute Gasteiger partial charge is 0.119 e. The molecule has 23 heavy (non-hydrogen) atoms. The van der Waals surface area contributed by atoms with E-state index in [-0.39, 0.29) is 0 Å². The second-order valence-corrected chi connectivity index (χ2v) is 6.54. The van der Waals surface area contributed by atoms with E-state index in [0.717, 1.165) is 37.8 Å². The van der Waals surface area contributed by atoms with Crippen molar-refractivity contribution >= 4 is 5.69 Å². The number of nitrogens with one attached hydrogen (secondary N) is 1. The Kier molecular flexibility index (Phi) is 4.20. The van der Waals surface area contributed by atoms with E-state index in [9.17, 15) is 0 Å². The lowest BCUT2D eigenvalue weighted by atomic mass is 10.1. The fourth-order valence-electron chi connectivity index (χ4n) is 3.19. The van der Waals surface area contributed by atoms with E-state index in [4.69, 9.17) is 4.74 Å². The van der Waals surface area contributed by atoms with Crippen molar-refractivity contribution in [2.24, 2.45) is 0 Å². The fraction of sp³-hybridized carbons (Fsp3) is 0.400. The van der Waals surface area contributed by atoms with Gasteiger partial charge in [-0.1, -0.05) is 24.3 Å². The highest BCUT2D eigenvalue weighted by molar-refractivity contribution is 5.49. The summed E-state index contributed by atoms with van der Waals surface area (Å²) >= 11 is 0. The van der Waals surface area contributed by atoms with Crippen molar-refractivity contribution in [1.29, 1.82) is 0 Å². The largest absolute Gasteiger partial charge is 0.489 e. The van der Waals surface area contributed by atoms with Crippen molar-refractivity contribution < 1.29 is 4.74 Å². The van der Waals surface area contributed by atoms with E-state index < -0.39 is 0 Å². The molecule has 2 aromatic rings. The molecule has 0 atom stereocenters. The maximum Gasteiger partial charge on any atom is 0.119 e. The van der Waals surface area contributed by atoms with Gasteiger partial charge in [-0.15, -0.1) is 0 Å². The van der Waals surface area contributed by atoms with Crippen molar-refractivity contribution in [1.82, 2.24) is 5.32 Å². The van der Waals surface area contributed by atoms with Gasteiger partial charge in [-0.2, -0.15) is 0 Å². The monoisotopic (exact) mass is 308 g/mol. The van der Waals surface area contributed by atoms with Crippen LogP contribution in [0, 0.1) is 0 Å². The summed E-state index contributed by atoms with van der Waals surface area (Å²) in [6, 6.07) is 17.4. The molecule has 2 fully saturated rings. The molecular formula is C20H24N2O. The molecule has 1 aliphatic heterocycles. The molecule has 0 bridgehead atoms. The van der Waals surface area contributed by atoms with Crippen molar-refractivity contribution in [2.75, 3.05) is 31.1 Å². The molecule has 2 aliphatic rings. The van der Waals surface area contributed by atoms with E-state index >= 15 is 0 Å². The van der Waals surface area contributed by atoms with Crippen LogP contribution in [0.1, 0.15) is 29.9 Å². The highest BCUT2D eigenvalue weighted by Gasteiger charge is 2.22. The standard InChI is InChI=1S/C20H24N2O/c1-2-16(14-19(3-1)22-12-10-21-11-13-22)15-23-20-8-6-18(7-9-20)17-4-5-17/h1-3,6-9,14,17,21H,4-5,10-13,15H2. The summed E-state index contributed by atoms with van der Waals surface area (Å²) in [4.78, 5) is 2.43. The third kappa shape index (κ3) is 3.67. The Morgan fingerprint density at radius 1 is 1.00 bits per heavy atom. The molecule has 1 saturated carbocycles. The van der Waals surface area contributed by atoms with Crippen LogP contribution in [-0.4, -0.2) is 26.2 Å². The zero-order chi connectivity index (χ0) is 15.5. The third-order valence-electron chi connectivity index (χ3n) is 4.73. The number of benzene rings is 2. The molecule has 1 saturated heterocycles. The van der Waals surface area contributed by atoms with Crippen LogP contribution in [0.15, 0.2) is 48.5 Å². The average molecular weight is 308 g/mol. The Morgan fingerprint density at radius 3 is 2.52 bits per heavy atom. The highest BCUT2D eigenvalue weighted by atomic mass is 16.5.